The summed E-state index contributed by atoms with van der Waals surface area (Å²) in [6.07, 6.45) is 1.06. The van der Waals surface area contributed by atoms with Crippen LogP contribution in [0.15, 0.2) is 0 Å². The number of aliphatic hydroxyl groups is 1. The van der Waals surface area contributed by atoms with E-state index in [0.29, 0.717) is 13.1 Å². The first-order valence-corrected chi connectivity index (χ1v) is 5.90. The smallest absolute Gasteiger partial charge is 0.416 e. The third-order valence-corrected chi connectivity index (χ3v) is 3.17. The van der Waals surface area contributed by atoms with Crippen LogP contribution in [0, 0.1) is 0 Å². The van der Waals surface area contributed by atoms with Gasteiger partial charge in [0, 0.05) is 6.54 Å². The average molecular weight is 242 g/mol. The maximum absolute atomic E-state index is 11.8. The Morgan fingerprint density at radius 1 is 1.53 bits per heavy atom. The molecule has 2 aliphatic rings. The molecule has 6 nitrogen and oxygen atoms in total. The standard InChI is InChI=1S/C11H18N2O4/c1-11(16)3-2-4-12(8-11)7-9(14)13-5-6-17-10(13)15/h16H,2-8H2,1H3. The number of β-amino-alcohol motifs (C(OH)–C–C–N with tert-alkyl or cyclic N) is 1. The zero-order valence-corrected chi connectivity index (χ0v) is 10.0. The number of rotatable bonds is 2. The molecule has 2 amide bonds. The van der Waals surface area contributed by atoms with Gasteiger partial charge >= 0.3 is 6.09 Å². The number of amides is 2. The number of hydrogen-bond donors (Lipinski definition) is 1. The molecule has 2 saturated heterocycles. The minimum Gasteiger partial charge on any atom is -0.447 e. The molecule has 1 N–H and O–H groups in total. The zero-order chi connectivity index (χ0) is 12.5. The SMILES string of the molecule is CC1(O)CCCN(CC(=O)N2CCOC2=O)C1. The van der Waals surface area contributed by atoms with Crippen molar-refractivity contribution in [3.8, 4) is 0 Å². The molecule has 0 bridgehead atoms. The van der Waals surface area contributed by atoms with Crippen LogP contribution in [0.5, 0.6) is 0 Å². The van der Waals surface area contributed by atoms with Crippen LogP contribution in [0.25, 0.3) is 0 Å². The van der Waals surface area contributed by atoms with Gasteiger partial charge in [0.2, 0.25) is 5.91 Å². The summed E-state index contributed by atoms with van der Waals surface area (Å²) in [5, 5.41) is 9.92. The molecule has 2 heterocycles. The molecule has 0 spiro atoms. The highest BCUT2D eigenvalue weighted by Crippen LogP contribution is 2.20. The molecular formula is C11H18N2O4. The predicted octanol–water partition coefficient (Wildman–Crippen LogP) is -0.188. The van der Waals surface area contributed by atoms with Gasteiger partial charge in [0.1, 0.15) is 6.61 Å². The third kappa shape index (κ3) is 2.95. The zero-order valence-electron chi connectivity index (χ0n) is 10.0. The van der Waals surface area contributed by atoms with E-state index in [1.807, 2.05) is 4.90 Å². The van der Waals surface area contributed by atoms with Crippen molar-refractivity contribution in [2.75, 3.05) is 32.8 Å². The van der Waals surface area contributed by atoms with Gasteiger partial charge in [-0.05, 0) is 26.3 Å². The summed E-state index contributed by atoms with van der Waals surface area (Å²) < 4.78 is 4.71. The molecule has 0 aromatic carbocycles. The second-order valence-corrected chi connectivity index (χ2v) is 4.97. The first kappa shape index (κ1) is 12.3. The van der Waals surface area contributed by atoms with Crippen LogP contribution in [-0.2, 0) is 9.53 Å². The fourth-order valence-electron chi connectivity index (χ4n) is 2.35. The summed E-state index contributed by atoms with van der Waals surface area (Å²) in [5.41, 5.74) is -0.732. The molecule has 1 atom stereocenters. The lowest BCUT2D eigenvalue weighted by Crippen LogP contribution is -2.50. The van der Waals surface area contributed by atoms with Gasteiger partial charge < -0.3 is 9.84 Å². The van der Waals surface area contributed by atoms with Gasteiger partial charge in [-0.15, -0.1) is 0 Å². The van der Waals surface area contributed by atoms with E-state index in [2.05, 4.69) is 0 Å². The van der Waals surface area contributed by atoms with Crippen LogP contribution in [0.4, 0.5) is 4.79 Å². The van der Waals surface area contributed by atoms with Crippen LogP contribution in [0.3, 0.4) is 0 Å². The van der Waals surface area contributed by atoms with E-state index in [4.69, 9.17) is 4.74 Å². The summed E-state index contributed by atoms with van der Waals surface area (Å²) in [6, 6.07) is 0. The maximum Gasteiger partial charge on any atom is 0.416 e. The Bertz CT molecular complexity index is 329. The largest absolute Gasteiger partial charge is 0.447 e. The number of imide groups is 1. The van der Waals surface area contributed by atoms with E-state index in [-0.39, 0.29) is 19.1 Å². The second-order valence-electron chi connectivity index (χ2n) is 4.97. The van der Waals surface area contributed by atoms with Gasteiger partial charge in [0.05, 0.1) is 18.7 Å². The Balaban J connectivity index is 1.88. The van der Waals surface area contributed by atoms with Gasteiger partial charge in [-0.3, -0.25) is 9.69 Å². The van der Waals surface area contributed by atoms with Crippen LogP contribution in [0.2, 0.25) is 0 Å². The van der Waals surface area contributed by atoms with Crippen molar-refractivity contribution in [3.05, 3.63) is 0 Å². The average Bonchev–Trinajstić information content (AvgIpc) is 2.62. The lowest BCUT2D eigenvalue weighted by Gasteiger charge is -2.36. The van der Waals surface area contributed by atoms with E-state index in [9.17, 15) is 14.7 Å². The predicted molar refractivity (Wildman–Crippen MR) is 59.4 cm³/mol. The van der Waals surface area contributed by atoms with E-state index >= 15 is 0 Å². The van der Waals surface area contributed by atoms with Crippen LogP contribution in [0.1, 0.15) is 19.8 Å². The fraction of sp³-hybridized carbons (Fsp3) is 0.818. The topological polar surface area (TPSA) is 70.1 Å². The second kappa shape index (κ2) is 4.62. The molecule has 96 valence electrons. The van der Waals surface area contributed by atoms with Crippen molar-refractivity contribution in [2.24, 2.45) is 0 Å². The first-order chi connectivity index (χ1) is 7.98. The normalized spacial score (nSPS) is 30.5. The number of piperidine rings is 1. The highest BCUT2D eigenvalue weighted by atomic mass is 16.6. The van der Waals surface area contributed by atoms with Crippen molar-refractivity contribution in [1.82, 2.24) is 9.80 Å². The molecule has 2 fully saturated rings. The van der Waals surface area contributed by atoms with Crippen molar-refractivity contribution < 1.29 is 19.4 Å². The van der Waals surface area contributed by atoms with Crippen LogP contribution in [-0.4, -0.2) is 65.3 Å². The van der Waals surface area contributed by atoms with Crippen LogP contribution >= 0.6 is 0 Å². The van der Waals surface area contributed by atoms with E-state index < -0.39 is 11.7 Å². The lowest BCUT2D eigenvalue weighted by molar-refractivity contribution is -0.130. The minimum atomic E-state index is -0.732. The highest BCUT2D eigenvalue weighted by Gasteiger charge is 2.33. The van der Waals surface area contributed by atoms with E-state index in [1.165, 1.54) is 0 Å². The van der Waals surface area contributed by atoms with Gasteiger partial charge in [0.25, 0.3) is 0 Å². The minimum absolute atomic E-state index is 0.172. The number of nitrogens with zero attached hydrogens (tertiary/aromatic N) is 2. The number of likely N-dealkylation sites (tertiary alicyclic amines) is 1. The Morgan fingerprint density at radius 3 is 2.88 bits per heavy atom. The number of cyclic esters (lactones) is 1. The first-order valence-electron chi connectivity index (χ1n) is 5.90. The Hall–Kier alpha value is -1.14. The summed E-state index contributed by atoms with van der Waals surface area (Å²) in [6.45, 7) is 3.82. The molecule has 6 heteroatoms. The number of hydrogen-bond acceptors (Lipinski definition) is 5. The summed E-state index contributed by atoms with van der Waals surface area (Å²) in [4.78, 5) is 26.1. The third-order valence-electron chi connectivity index (χ3n) is 3.17. The van der Waals surface area contributed by atoms with E-state index in [1.54, 1.807) is 6.92 Å². The van der Waals surface area contributed by atoms with Gasteiger partial charge in [0.15, 0.2) is 0 Å². The summed E-state index contributed by atoms with van der Waals surface area (Å²) in [7, 11) is 0. The lowest BCUT2D eigenvalue weighted by atomic mass is 9.95. The Labute approximate surface area is 100 Å². The summed E-state index contributed by atoms with van der Waals surface area (Å²) >= 11 is 0. The molecule has 0 saturated carbocycles. The molecule has 1 unspecified atom stereocenters. The number of carbonyl (C=O) groups is 2. The molecular weight excluding hydrogens is 224 g/mol. The fourth-order valence-corrected chi connectivity index (χ4v) is 2.35. The molecule has 0 aliphatic carbocycles. The van der Waals surface area contributed by atoms with Gasteiger partial charge in [-0.1, -0.05) is 0 Å². The Kier molecular flexibility index (Phi) is 3.35. The number of ether oxygens (including phenoxy) is 1. The molecule has 0 radical (unpaired) electrons. The molecule has 0 aromatic heterocycles. The molecule has 17 heavy (non-hydrogen) atoms. The maximum atomic E-state index is 11.8. The molecule has 2 rings (SSSR count). The van der Waals surface area contributed by atoms with Crippen LogP contribution < -0.4 is 0 Å². The molecule has 0 aromatic rings. The van der Waals surface area contributed by atoms with Crippen molar-refractivity contribution in [3.63, 3.8) is 0 Å². The van der Waals surface area contributed by atoms with Crippen molar-refractivity contribution >= 4 is 12.0 Å². The van der Waals surface area contributed by atoms with Crippen molar-refractivity contribution in [1.29, 1.82) is 0 Å². The number of carbonyl (C=O) groups excluding carboxylic acids is 2. The van der Waals surface area contributed by atoms with E-state index in [0.717, 1.165) is 24.3 Å². The molecule has 2 aliphatic heterocycles. The van der Waals surface area contributed by atoms with Gasteiger partial charge in [-0.25, -0.2) is 9.69 Å². The monoisotopic (exact) mass is 242 g/mol. The van der Waals surface area contributed by atoms with Gasteiger partial charge in [-0.2, -0.15) is 0 Å². The van der Waals surface area contributed by atoms with Crippen molar-refractivity contribution in [2.45, 2.75) is 25.4 Å². The highest BCUT2D eigenvalue weighted by molar-refractivity contribution is 5.94. The quantitative estimate of drug-likeness (QED) is 0.727. The summed E-state index contributed by atoms with van der Waals surface area (Å²) in [5.74, 6) is -0.245. The Morgan fingerprint density at radius 2 is 2.29 bits per heavy atom.